The molecule has 0 fully saturated rings. The lowest BCUT2D eigenvalue weighted by Crippen LogP contribution is -2.31. The number of hydrogen-bond acceptors (Lipinski definition) is 7. The molecule has 180 valence electrons. The average molecular weight is 482 g/mol. The first kappa shape index (κ1) is 22.2. The molecular formula is C26H23N7O3. The summed E-state index contributed by atoms with van der Waals surface area (Å²) in [6, 6.07) is 14.7. The van der Waals surface area contributed by atoms with Crippen LogP contribution in [0.15, 0.2) is 59.8 Å². The van der Waals surface area contributed by atoms with Gasteiger partial charge in [0.1, 0.15) is 11.8 Å². The molecule has 36 heavy (non-hydrogen) atoms. The van der Waals surface area contributed by atoms with Crippen LogP contribution in [0.25, 0.3) is 28.1 Å². The molecule has 10 nitrogen and oxygen atoms in total. The van der Waals surface area contributed by atoms with E-state index in [4.69, 9.17) is 4.98 Å². The Morgan fingerprint density at radius 1 is 1.08 bits per heavy atom. The van der Waals surface area contributed by atoms with Crippen molar-refractivity contribution < 1.29 is 10.2 Å². The zero-order chi connectivity index (χ0) is 24.8. The number of aliphatic hydroxyl groups is 2. The van der Waals surface area contributed by atoms with Crippen LogP contribution in [-0.2, 0) is 6.54 Å². The summed E-state index contributed by atoms with van der Waals surface area (Å²) in [4.78, 5) is 27.5. The molecular weight excluding hydrogens is 458 g/mol. The molecule has 3 heterocycles. The van der Waals surface area contributed by atoms with Crippen molar-refractivity contribution in [1.82, 2.24) is 28.7 Å². The molecule has 0 saturated heterocycles. The molecule has 5 aromatic rings. The predicted octanol–water partition coefficient (Wildman–Crippen LogP) is 2.60. The largest absolute Gasteiger partial charge is 0.396 e. The number of hydrogen-bond donors (Lipinski definition) is 2. The van der Waals surface area contributed by atoms with Crippen LogP contribution < -0.4 is 5.69 Å². The summed E-state index contributed by atoms with van der Waals surface area (Å²) in [5, 5.41) is 29.3. The highest BCUT2D eigenvalue weighted by Gasteiger charge is 2.31. The molecule has 0 aliphatic heterocycles. The van der Waals surface area contributed by atoms with E-state index in [0.29, 0.717) is 59.5 Å². The van der Waals surface area contributed by atoms with Gasteiger partial charge in [-0.1, -0.05) is 24.3 Å². The van der Waals surface area contributed by atoms with E-state index in [0.717, 1.165) is 11.1 Å². The van der Waals surface area contributed by atoms with Crippen molar-refractivity contribution in [2.45, 2.75) is 38.0 Å². The second-order valence-electron chi connectivity index (χ2n) is 8.93. The summed E-state index contributed by atoms with van der Waals surface area (Å²) in [6.07, 6.45) is 4.17. The highest BCUT2D eigenvalue weighted by molar-refractivity contribution is 5.79. The molecule has 2 N–H and O–H groups in total. The Labute approximate surface area is 205 Å². The molecule has 1 aliphatic carbocycles. The molecule has 2 unspecified atom stereocenters. The second kappa shape index (κ2) is 8.71. The van der Waals surface area contributed by atoms with Crippen LogP contribution >= 0.6 is 0 Å². The van der Waals surface area contributed by atoms with Gasteiger partial charge in [-0.05, 0) is 48.6 Å². The number of aryl methyl sites for hydroxylation is 1. The van der Waals surface area contributed by atoms with Gasteiger partial charge in [0, 0.05) is 13.2 Å². The van der Waals surface area contributed by atoms with Crippen molar-refractivity contribution in [2.24, 2.45) is 0 Å². The van der Waals surface area contributed by atoms with Crippen molar-refractivity contribution in [3.05, 3.63) is 82.2 Å². The van der Waals surface area contributed by atoms with Gasteiger partial charge in [-0.15, -0.1) is 0 Å². The summed E-state index contributed by atoms with van der Waals surface area (Å²) in [7, 11) is 0. The highest BCUT2D eigenvalue weighted by atomic mass is 16.3. The summed E-state index contributed by atoms with van der Waals surface area (Å²) >= 11 is 0. The van der Waals surface area contributed by atoms with Crippen LogP contribution in [0, 0.1) is 11.3 Å². The van der Waals surface area contributed by atoms with E-state index in [9.17, 15) is 20.3 Å². The zero-order valence-corrected chi connectivity index (χ0v) is 19.3. The van der Waals surface area contributed by atoms with E-state index in [1.54, 1.807) is 44.4 Å². The van der Waals surface area contributed by atoms with Gasteiger partial charge in [0.25, 0.3) is 0 Å². The van der Waals surface area contributed by atoms with Crippen molar-refractivity contribution in [3.63, 3.8) is 0 Å². The van der Waals surface area contributed by atoms with Crippen molar-refractivity contribution in [1.29, 1.82) is 5.26 Å². The number of nitrogens with zero attached hydrogens (tertiary/aromatic N) is 7. The Hall–Kier alpha value is -4.33. The summed E-state index contributed by atoms with van der Waals surface area (Å²) in [5.41, 5.74) is 4.40. The molecule has 2 aromatic carbocycles. The standard InChI is InChI=1S/C26H23N7O3/c27-13-16-6-7-19-21(12-16)32(15-29-19)25-28-14-22-24(30-25)33(26(36)31(22)10-3-11-34)20-8-9-23(35)18-5-2-1-4-17(18)20/h1-2,4-7,12,14-15,20,23,34-35H,3,8-11H2. The monoisotopic (exact) mass is 481 g/mol. The predicted molar refractivity (Wildman–Crippen MR) is 132 cm³/mol. The maximum Gasteiger partial charge on any atom is 0.330 e. The zero-order valence-electron chi connectivity index (χ0n) is 19.3. The van der Waals surface area contributed by atoms with Crippen molar-refractivity contribution in [2.75, 3.05) is 6.61 Å². The quantitative estimate of drug-likeness (QED) is 0.394. The number of aliphatic hydroxyl groups excluding tert-OH is 2. The van der Waals surface area contributed by atoms with Crippen LogP contribution in [0.2, 0.25) is 0 Å². The number of aromatic nitrogens is 6. The van der Waals surface area contributed by atoms with Crippen LogP contribution in [0.5, 0.6) is 0 Å². The molecule has 2 atom stereocenters. The van der Waals surface area contributed by atoms with Crippen LogP contribution in [-0.4, -0.2) is 45.5 Å². The van der Waals surface area contributed by atoms with Gasteiger partial charge < -0.3 is 10.2 Å². The molecule has 1 aliphatic rings. The van der Waals surface area contributed by atoms with Crippen molar-refractivity contribution in [3.8, 4) is 12.0 Å². The van der Waals surface area contributed by atoms with Gasteiger partial charge in [0.05, 0.1) is 41.0 Å². The third-order valence-electron chi connectivity index (χ3n) is 6.86. The van der Waals surface area contributed by atoms with E-state index in [-0.39, 0.29) is 18.3 Å². The summed E-state index contributed by atoms with van der Waals surface area (Å²) in [5.74, 6) is 0.331. The number of rotatable bonds is 5. The molecule has 0 bridgehead atoms. The first-order valence-electron chi connectivity index (χ1n) is 11.8. The van der Waals surface area contributed by atoms with Crippen molar-refractivity contribution >= 4 is 22.2 Å². The maximum absolute atomic E-state index is 13.7. The summed E-state index contributed by atoms with van der Waals surface area (Å²) < 4.78 is 4.99. The second-order valence-corrected chi connectivity index (χ2v) is 8.93. The van der Waals surface area contributed by atoms with Crippen LogP contribution in [0.1, 0.15) is 48.1 Å². The van der Waals surface area contributed by atoms with E-state index in [2.05, 4.69) is 16.0 Å². The topological polar surface area (TPSA) is 135 Å². The molecule has 6 rings (SSSR count). The normalized spacial score (nSPS) is 17.4. The van der Waals surface area contributed by atoms with Crippen LogP contribution in [0.3, 0.4) is 0 Å². The lowest BCUT2D eigenvalue weighted by atomic mass is 9.85. The third-order valence-corrected chi connectivity index (χ3v) is 6.86. The van der Waals surface area contributed by atoms with E-state index >= 15 is 0 Å². The molecule has 0 saturated carbocycles. The molecule has 0 radical (unpaired) electrons. The van der Waals surface area contributed by atoms with Gasteiger partial charge in [0.2, 0.25) is 5.95 Å². The van der Waals surface area contributed by atoms with E-state index in [1.807, 2.05) is 24.3 Å². The van der Waals surface area contributed by atoms with Gasteiger partial charge in [-0.25, -0.2) is 14.8 Å². The fourth-order valence-electron chi connectivity index (χ4n) is 5.14. The lowest BCUT2D eigenvalue weighted by molar-refractivity contribution is 0.147. The molecule has 0 spiro atoms. The van der Waals surface area contributed by atoms with Gasteiger partial charge in [-0.2, -0.15) is 10.2 Å². The number of nitriles is 1. The minimum atomic E-state index is -0.576. The van der Waals surface area contributed by atoms with Gasteiger partial charge in [-0.3, -0.25) is 13.7 Å². The number of fused-ring (bicyclic) bond motifs is 3. The van der Waals surface area contributed by atoms with E-state index in [1.165, 1.54) is 0 Å². The minimum Gasteiger partial charge on any atom is -0.396 e. The molecule has 3 aromatic heterocycles. The third kappa shape index (κ3) is 3.40. The van der Waals surface area contributed by atoms with E-state index < -0.39 is 6.10 Å². The number of imidazole rings is 2. The highest BCUT2D eigenvalue weighted by Crippen LogP contribution is 2.38. The summed E-state index contributed by atoms with van der Waals surface area (Å²) in [6.45, 7) is 0.289. The Morgan fingerprint density at radius 2 is 1.92 bits per heavy atom. The fraction of sp³-hybridized carbons (Fsp3) is 0.269. The Bertz CT molecular complexity index is 1710. The Morgan fingerprint density at radius 3 is 2.72 bits per heavy atom. The van der Waals surface area contributed by atoms with Gasteiger partial charge >= 0.3 is 5.69 Å². The lowest BCUT2D eigenvalue weighted by Gasteiger charge is -2.29. The first-order valence-corrected chi connectivity index (χ1v) is 11.8. The molecule has 10 heteroatoms. The van der Waals surface area contributed by atoms with Crippen LogP contribution in [0.4, 0.5) is 0 Å². The number of benzene rings is 2. The van der Waals surface area contributed by atoms with Gasteiger partial charge in [0.15, 0.2) is 5.65 Å². The SMILES string of the molecule is N#Cc1ccc2ncn(-c3ncc4c(n3)n(C3CCC(O)c5ccccc53)c(=O)n4CCCO)c2c1. The smallest absolute Gasteiger partial charge is 0.330 e. The maximum atomic E-state index is 13.7. The first-order chi connectivity index (χ1) is 17.6. The fourth-order valence-corrected chi connectivity index (χ4v) is 5.14. The average Bonchev–Trinajstić information content (AvgIpc) is 3.45. The Kier molecular flexibility index (Phi) is 5.36. The molecule has 0 amide bonds. The Balaban J connectivity index is 1.59. The minimum absolute atomic E-state index is 0.0429.